The second kappa shape index (κ2) is 4.42. The molecule has 0 bridgehead atoms. The van der Waals surface area contributed by atoms with Gasteiger partial charge in [-0.1, -0.05) is 6.58 Å². The van der Waals surface area contributed by atoms with Crippen molar-refractivity contribution in [1.82, 2.24) is 4.98 Å². The van der Waals surface area contributed by atoms with Gasteiger partial charge in [-0.2, -0.15) is 13.2 Å². The lowest BCUT2D eigenvalue weighted by molar-refractivity contribution is -0.137. The highest BCUT2D eigenvalue weighted by molar-refractivity contribution is 5.60. The first-order valence-corrected chi connectivity index (χ1v) is 4.51. The molecule has 0 unspecified atom stereocenters. The second-order valence-electron chi connectivity index (χ2n) is 3.01. The van der Waals surface area contributed by atoms with E-state index in [4.69, 9.17) is 10.5 Å². The van der Waals surface area contributed by atoms with Crippen molar-refractivity contribution < 1.29 is 17.9 Å². The van der Waals surface area contributed by atoms with Crippen molar-refractivity contribution in [3.8, 4) is 0 Å². The van der Waals surface area contributed by atoms with Crippen LogP contribution in [-0.4, -0.2) is 11.6 Å². The van der Waals surface area contributed by atoms with Gasteiger partial charge in [0.05, 0.1) is 12.2 Å². The molecule has 0 aromatic carbocycles. The lowest BCUT2D eigenvalue weighted by atomic mass is 10.1. The fourth-order valence-corrected chi connectivity index (χ4v) is 1.11. The molecule has 0 spiro atoms. The van der Waals surface area contributed by atoms with Gasteiger partial charge in [0.2, 0.25) is 0 Å². The number of nitrogens with zero attached hydrogens (tertiary/aromatic N) is 1. The topological polar surface area (TPSA) is 48.1 Å². The minimum atomic E-state index is -4.53. The van der Waals surface area contributed by atoms with E-state index in [0.717, 1.165) is 6.07 Å². The molecular weight excluding hydrogens is 221 g/mol. The van der Waals surface area contributed by atoms with Crippen LogP contribution in [0, 0.1) is 0 Å². The molecule has 0 aliphatic carbocycles. The fraction of sp³-hybridized carbons (Fsp3) is 0.300. The molecule has 0 fully saturated rings. The summed E-state index contributed by atoms with van der Waals surface area (Å²) in [6.45, 7) is 5.53. The molecule has 1 rings (SSSR count). The summed E-state index contributed by atoms with van der Waals surface area (Å²) in [6.07, 6.45) is -3.33. The summed E-state index contributed by atoms with van der Waals surface area (Å²) in [5.41, 5.74) is 4.34. The van der Waals surface area contributed by atoms with E-state index in [1.54, 1.807) is 6.92 Å². The van der Waals surface area contributed by atoms with Crippen LogP contribution in [-0.2, 0) is 10.9 Å². The van der Waals surface area contributed by atoms with Crippen LogP contribution < -0.4 is 5.73 Å². The number of nitrogens with two attached hydrogens (primary N) is 1. The number of nitrogen functional groups attached to an aromatic ring is 1. The summed E-state index contributed by atoms with van der Waals surface area (Å²) in [5.74, 6) is -0.416. The van der Waals surface area contributed by atoms with Crippen LogP contribution in [0.4, 0.5) is 19.0 Å². The zero-order valence-corrected chi connectivity index (χ0v) is 8.64. The largest absolute Gasteiger partial charge is 0.494 e. The van der Waals surface area contributed by atoms with Crippen LogP contribution in [0.15, 0.2) is 18.8 Å². The lowest BCUT2D eigenvalue weighted by Crippen LogP contribution is -2.11. The van der Waals surface area contributed by atoms with E-state index in [-0.39, 0.29) is 11.3 Å². The molecule has 0 atom stereocenters. The number of hydrogen-bond acceptors (Lipinski definition) is 3. The smallest absolute Gasteiger partial charge is 0.419 e. The highest BCUT2D eigenvalue weighted by atomic mass is 19.4. The van der Waals surface area contributed by atoms with E-state index in [1.165, 1.54) is 6.20 Å². The number of halogens is 3. The van der Waals surface area contributed by atoms with E-state index >= 15 is 0 Å². The van der Waals surface area contributed by atoms with Gasteiger partial charge >= 0.3 is 6.18 Å². The molecule has 2 N–H and O–H groups in total. The van der Waals surface area contributed by atoms with E-state index in [0.29, 0.717) is 6.61 Å². The van der Waals surface area contributed by atoms with Gasteiger partial charge < -0.3 is 10.5 Å². The van der Waals surface area contributed by atoms with Gasteiger partial charge in [-0.3, -0.25) is 0 Å². The summed E-state index contributed by atoms with van der Waals surface area (Å²) >= 11 is 0. The van der Waals surface area contributed by atoms with Crippen molar-refractivity contribution in [3.05, 3.63) is 30.0 Å². The quantitative estimate of drug-likeness (QED) is 0.815. The fourth-order valence-electron chi connectivity index (χ4n) is 1.11. The Morgan fingerprint density at radius 2 is 2.19 bits per heavy atom. The minimum absolute atomic E-state index is 0.139. The minimum Gasteiger partial charge on any atom is -0.494 e. The molecule has 0 saturated carbocycles. The summed E-state index contributed by atoms with van der Waals surface area (Å²) in [4.78, 5) is 3.47. The zero-order chi connectivity index (χ0) is 12.3. The van der Waals surface area contributed by atoms with E-state index in [2.05, 4.69) is 11.6 Å². The van der Waals surface area contributed by atoms with E-state index in [1.807, 2.05) is 0 Å². The molecule has 0 aliphatic heterocycles. The first kappa shape index (κ1) is 12.4. The highest BCUT2D eigenvalue weighted by Crippen LogP contribution is 2.33. The molecule has 1 aromatic rings. The van der Waals surface area contributed by atoms with E-state index in [9.17, 15) is 13.2 Å². The predicted octanol–water partition coefficient (Wildman–Crippen LogP) is 2.69. The third-order valence-electron chi connectivity index (χ3n) is 1.86. The SMILES string of the molecule is C=C(OCC)c1cnc(N)c(C(F)(F)F)c1. The maximum Gasteiger partial charge on any atom is 0.419 e. The highest BCUT2D eigenvalue weighted by Gasteiger charge is 2.34. The van der Waals surface area contributed by atoms with Gasteiger partial charge in [0.1, 0.15) is 11.6 Å². The Hall–Kier alpha value is -1.72. The molecule has 0 aliphatic rings. The van der Waals surface area contributed by atoms with Crippen molar-refractivity contribution >= 4 is 11.6 Å². The Bertz CT molecular complexity index is 402. The summed E-state index contributed by atoms with van der Waals surface area (Å²) in [6, 6.07) is 0.875. The standard InChI is InChI=1S/C10H11F3N2O/c1-3-16-6(2)7-4-8(10(11,12)13)9(14)15-5-7/h4-5H,2-3H2,1H3,(H2,14,15). The van der Waals surface area contributed by atoms with Crippen LogP contribution in [0.5, 0.6) is 0 Å². The van der Waals surface area contributed by atoms with Crippen LogP contribution in [0.1, 0.15) is 18.1 Å². The third kappa shape index (κ3) is 2.65. The Labute approximate surface area is 90.7 Å². The molecule has 0 radical (unpaired) electrons. The molecule has 6 heteroatoms. The molecule has 0 amide bonds. The van der Waals surface area contributed by atoms with Crippen LogP contribution >= 0.6 is 0 Å². The number of alkyl halides is 3. The summed E-state index contributed by atoms with van der Waals surface area (Å²) in [5, 5.41) is 0. The van der Waals surface area contributed by atoms with Crippen molar-refractivity contribution in [2.45, 2.75) is 13.1 Å². The van der Waals surface area contributed by atoms with Gasteiger partial charge in [-0.15, -0.1) is 0 Å². The van der Waals surface area contributed by atoms with Crippen LogP contribution in [0.25, 0.3) is 5.76 Å². The Kier molecular flexibility index (Phi) is 3.41. The molecular formula is C10H11F3N2O. The lowest BCUT2D eigenvalue weighted by Gasteiger charge is -2.12. The number of rotatable bonds is 3. The van der Waals surface area contributed by atoms with Crippen LogP contribution in [0.3, 0.4) is 0 Å². The number of anilines is 1. The average molecular weight is 232 g/mol. The second-order valence-corrected chi connectivity index (χ2v) is 3.01. The molecule has 1 heterocycles. The molecule has 88 valence electrons. The monoisotopic (exact) mass is 232 g/mol. The zero-order valence-electron chi connectivity index (χ0n) is 8.64. The van der Waals surface area contributed by atoms with Crippen molar-refractivity contribution in [3.63, 3.8) is 0 Å². The van der Waals surface area contributed by atoms with Gasteiger partial charge in [-0.05, 0) is 13.0 Å². The maximum atomic E-state index is 12.5. The number of ether oxygens (including phenoxy) is 1. The molecule has 16 heavy (non-hydrogen) atoms. The maximum absolute atomic E-state index is 12.5. The van der Waals surface area contributed by atoms with Crippen LogP contribution in [0.2, 0.25) is 0 Å². The van der Waals surface area contributed by atoms with Crippen molar-refractivity contribution in [1.29, 1.82) is 0 Å². The van der Waals surface area contributed by atoms with Gasteiger partial charge in [0.25, 0.3) is 0 Å². The molecule has 0 saturated heterocycles. The van der Waals surface area contributed by atoms with E-state index < -0.39 is 17.6 Å². The number of aromatic nitrogens is 1. The molecule has 3 nitrogen and oxygen atoms in total. The summed E-state index contributed by atoms with van der Waals surface area (Å²) < 4.78 is 42.5. The van der Waals surface area contributed by atoms with Crippen molar-refractivity contribution in [2.24, 2.45) is 0 Å². The third-order valence-corrected chi connectivity index (χ3v) is 1.86. The first-order valence-electron chi connectivity index (χ1n) is 4.51. The Morgan fingerprint density at radius 3 is 2.69 bits per heavy atom. The Balaban J connectivity index is 3.13. The van der Waals surface area contributed by atoms with Crippen molar-refractivity contribution in [2.75, 3.05) is 12.3 Å². The predicted molar refractivity (Wildman–Crippen MR) is 54.3 cm³/mol. The van der Waals surface area contributed by atoms with Gasteiger partial charge in [0, 0.05) is 11.8 Å². The Morgan fingerprint density at radius 1 is 1.56 bits per heavy atom. The summed E-state index contributed by atoms with van der Waals surface area (Å²) in [7, 11) is 0. The first-order chi connectivity index (χ1) is 7.36. The normalized spacial score (nSPS) is 11.2. The number of pyridine rings is 1. The molecule has 1 aromatic heterocycles. The average Bonchev–Trinajstić information content (AvgIpc) is 2.16. The number of hydrogen-bond donors (Lipinski definition) is 1. The van der Waals surface area contributed by atoms with Gasteiger partial charge in [0.15, 0.2) is 0 Å². The van der Waals surface area contributed by atoms with Gasteiger partial charge in [-0.25, -0.2) is 4.98 Å².